The SMILES string of the molecule is COc1ccc(CNC(=O)C(C#N)=Cc2cn[nH]c2-c2ccc(Cl)cc2)cc1. The second kappa shape index (κ2) is 8.89. The molecule has 0 saturated carbocycles. The molecule has 0 aliphatic heterocycles. The minimum Gasteiger partial charge on any atom is -0.497 e. The van der Waals surface area contributed by atoms with Crippen LogP contribution in [0.25, 0.3) is 17.3 Å². The summed E-state index contributed by atoms with van der Waals surface area (Å²) in [6.07, 6.45) is 3.08. The number of H-pyrrole nitrogens is 1. The largest absolute Gasteiger partial charge is 0.497 e. The number of amides is 1. The Morgan fingerprint density at radius 2 is 1.96 bits per heavy atom. The Kier molecular flexibility index (Phi) is 6.10. The number of halogens is 1. The van der Waals surface area contributed by atoms with Gasteiger partial charge in [0, 0.05) is 22.7 Å². The zero-order valence-corrected chi connectivity index (χ0v) is 15.8. The van der Waals surface area contributed by atoms with Crippen molar-refractivity contribution >= 4 is 23.6 Å². The first kappa shape index (κ1) is 19.2. The van der Waals surface area contributed by atoms with Crippen molar-refractivity contribution in [2.75, 3.05) is 7.11 Å². The summed E-state index contributed by atoms with van der Waals surface area (Å²) in [5.41, 5.74) is 3.08. The van der Waals surface area contributed by atoms with E-state index in [-0.39, 0.29) is 5.57 Å². The molecule has 0 unspecified atom stereocenters. The van der Waals surface area contributed by atoms with E-state index in [4.69, 9.17) is 16.3 Å². The van der Waals surface area contributed by atoms with Crippen LogP contribution in [0.15, 0.2) is 60.3 Å². The molecule has 0 saturated heterocycles. The van der Waals surface area contributed by atoms with Gasteiger partial charge in [-0.05, 0) is 35.9 Å². The highest BCUT2D eigenvalue weighted by atomic mass is 35.5. The van der Waals surface area contributed by atoms with Crippen LogP contribution in [0.3, 0.4) is 0 Å². The number of hydrogen-bond donors (Lipinski definition) is 2. The zero-order chi connectivity index (χ0) is 19.9. The van der Waals surface area contributed by atoms with Crippen LogP contribution in [-0.4, -0.2) is 23.2 Å². The van der Waals surface area contributed by atoms with E-state index < -0.39 is 5.91 Å². The van der Waals surface area contributed by atoms with Gasteiger partial charge >= 0.3 is 0 Å². The number of nitriles is 1. The van der Waals surface area contributed by atoms with Crippen molar-refractivity contribution in [1.29, 1.82) is 5.26 Å². The number of aromatic amines is 1. The Balaban J connectivity index is 1.75. The van der Waals surface area contributed by atoms with Gasteiger partial charge in [-0.25, -0.2) is 0 Å². The number of ether oxygens (including phenoxy) is 1. The highest BCUT2D eigenvalue weighted by molar-refractivity contribution is 6.30. The maximum Gasteiger partial charge on any atom is 0.262 e. The number of carbonyl (C=O) groups excluding carboxylic acids is 1. The van der Waals surface area contributed by atoms with Crippen molar-refractivity contribution in [1.82, 2.24) is 15.5 Å². The number of aromatic nitrogens is 2. The molecule has 0 spiro atoms. The zero-order valence-electron chi connectivity index (χ0n) is 15.1. The number of rotatable bonds is 6. The summed E-state index contributed by atoms with van der Waals surface area (Å²) >= 11 is 5.92. The summed E-state index contributed by atoms with van der Waals surface area (Å²) in [4.78, 5) is 12.4. The van der Waals surface area contributed by atoms with Gasteiger partial charge in [0.15, 0.2) is 0 Å². The smallest absolute Gasteiger partial charge is 0.262 e. The molecule has 140 valence electrons. The van der Waals surface area contributed by atoms with Crippen molar-refractivity contribution in [2.24, 2.45) is 0 Å². The van der Waals surface area contributed by atoms with Gasteiger partial charge in [-0.3, -0.25) is 9.89 Å². The standard InChI is InChI=1S/C21H17ClN4O2/c1-28-19-8-2-14(3-9-19)12-24-21(27)16(11-23)10-17-13-25-26-20(17)15-4-6-18(22)7-5-15/h2-10,13H,12H2,1H3,(H,24,27)(H,25,26). The molecule has 1 amide bonds. The van der Waals surface area contributed by atoms with Crippen molar-refractivity contribution in [3.05, 3.63) is 76.5 Å². The molecule has 1 aromatic heterocycles. The summed E-state index contributed by atoms with van der Waals surface area (Å²) in [5.74, 6) is 0.281. The average molecular weight is 393 g/mol. The third-order valence-corrected chi connectivity index (χ3v) is 4.33. The Labute approximate surface area is 167 Å². The molecule has 6 nitrogen and oxygen atoms in total. The quantitative estimate of drug-likeness (QED) is 0.490. The molecule has 0 radical (unpaired) electrons. The van der Waals surface area contributed by atoms with Crippen LogP contribution in [0.5, 0.6) is 5.75 Å². The number of carbonyl (C=O) groups is 1. The maximum absolute atomic E-state index is 12.4. The number of methoxy groups -OCH3 is 1. The molecule has 1 heterocycles. The van der Waals surface area contributed by atoms with Gasteiger partial charge in [0.05, 0.1) is 19.0 Å². The Morgan fingerprint density at radius 1 is 1.25 bits per heavy atom. The van der Waals surface area contributed by atoms with Crippen LogP contribution in [0.2, 0.25) is 5.02 Å². The van der Waals surface area contributed by atoms with E-state index in [9.17, 15) is 10.1 Å². The molecular formula is C21H17ClN4O2. The third kappa shape index (κ3) is 4.58. The fraction of sp³-hybridized carbons (Fsp3) is 0.0952. The van der Waals surface area contributed by atoms with E-state index in [1.807, 2.05) is 42.5 Å². The third-order valence-electron chi connectivity index (χ3n) is 4.08. The average Bonchev–Trinajstić information content (AvgIpc) is 3.19. The predicted octanol–water partition coefficient (Wildman–Crippen LogP) is 3.96. The summed E-state index contributed by atoms with van der Waals surface area (Å²) in [6.45, 7) is 0.303. The highest BCUT2D eigenvalue weighted by Gasteiger charge is 2.12. The van der Waals surface area contributed by atoms with E-state index in [2.05, 4.69) is 15.5 Å². The lowest BCUT2D eigenvalue weighted by Gasteiger charge is -2.06. The van der Waals surface area contributed by atoms with E-state index in [1.54, 1.807) is 25.4 Å². The second-order valence-electron chi connectivity index (χ2n) is 5.91. The summed E-state index contributed by atoms with van der Waals surface area (Å²) in [5, 5.41) is 19.7. The molecule has 3 aromatic rings. The van der Waals surface area contributed by atoms with E-state index >= 15 is 0 Å². The summed E-state index contributed by atoms with van der Waals surface area (Å²) in [6, 6.07) is 16.5. The van der Waals surface area contributed by atoms with Crippen molar-refractivity contribution < 1.29 is 9.53 Å². The molecule has 0 bridgehead atoms. The molecule has 0 aliphatic rings. The van der Waals surface area contributed by atoms with Crippen LogP contribution < -0.4 is 10.1 Å². The second-order valence-corrected chi connectivity index (χ2v) is 6.34. The minimum atomic E-state index is -0.457. The first-order chi connectivity index (χ1) is 13.6. The van der Waals surface area contributed by atoms with Crippen LogP contribution in [0, 0.1) is 11.3 Å². The molecule has 0 atom stereocenters. The van der Waals surface area contributed by atoms with Gasteiger partial charge in [0.1, 0.15) is 17.4 Å². The fourth-order valence-electron chi connectivity index (χ4n) is 2.58. The fourth-order valence-corrected chi connectivity index (χ4v) is 2.70. The molecular weight excluding hydrogens is 376 g/mol. The van der Waals surface area contributed by atoms with E-state index in [1.165, 1.54) is 6.08 Å². The monoisotopic (exact) mass is 392 g/mol. The van der Waals surface area contributed by atoms with E-state index in [0.29, 0.717) is 22.8 Å². The van der Waals surface area contributed by atoms with Crippen LogP contribution >= 0.6 is 11.6 Å². The minimum absolute atomic E-state index is 0.00914. The predicted molar refractivity (Wildman–Crippen MR) is 107 cm³/mol. The van der Waals surface area contributed by atoms with Crippen LogP contribution in [-0.2, 0) is 11.3 Å². The molecule has 3 rings (SSSR count). The highest BCUT2D eigenvalue weighted by Crippen LogP contribution is 2.24. The molecule has 0 aliphatic carbocycles. The van der Waals surface area contributed by atoms with Gasteiger partial charge in [0.2, 0.25) is 0 Å². The topological polar surface area (TPSA) is 90.8 Å². The molecule has 7 heteroatoms. The van der Waals surface area contributed by atoms with Gasteiger partial charge in [0.25, 0.3) is 5.91 Å². The number of nitrogens with one attached hydrogen (secondary N) is 2. The lowest BCUT2D eigenvalue weighted by atomic mass is 10.1. The van der Waals surface area contributed by atoms with Gasteiger partial charge < -0.3 is 10.1 Å². The van der Waals surface area contributed by atoms with Gasteiger partial charge in [-0.15, -0.1) is 0 Å². The number of benzene rings is 2. The first-order valence-corrected chi connectivity index (χ1v) is 8.80. The molecule has 2 aromatic carbocycles. The van der Waals surface area contributed by atoms with Gasteiger partial charge in [-0.1, -0.05) is 35.9 Å². The van der Waals surface area contributed by atoms with Crippen molar-refractivity contribution in [3.8, 4) is 23.1 Å². The normalized spacial score (nSPS) is 11.0. The Morgan fingerprint density at radius 3 is 2.61 bits per heavy atom. The van der Waals surface area contributed by atoms with E-state index in [0.717, 1.165) is 16.9 Å². The first-order valence-electron chi connectivity index (χ1n) is 8.43. The number of nitrogens with zero attached hydrogens (tertiary/aromatic N) is 2. The Bertz CT molecular complexity index is 1030. The lowest BCUT2D eigenvalue weighted by molar-refractivity contribution is -0.117. The molecule has 28 heavy (non-hydrogen) atoms. The summed E-state index contributed by atoms with van der Waals surface area (Å²) in [7, 11) is 1.59. The lowest BCUT2D eigenvalue weighted by Crippen LogP contribution is -2.23. The Hall–Kier alpha value is -3.56. The van der Waals surface area contributed by atoms with Crippen LogP contribution in [0.1, 0.15) is 11.1 Å². The molecule has 2 N–H and O–H groups in total. The maximum atomic E-state index is 12.4. The summed E-state index contributed by atoms with van der Waals surface area (Å²) < 4.78 is 5.11. The van der Waals surface area contributed by atoms with Crippen LogP contribution in [0.4, 0.5) is 0 Å². The number of hydrogen-bond acceptors (Lipinski definition) is 4. The van der Waals surface area contributed by atoms with Gasteiger partial charge in [-0.2, -0.15) is 10.4 Å². The molecule has 0 fully saturated rings. The van der Waals surface area contributed by atoms with Crippen molar-refractivity contribution in [2.45, 2.75) is 6.54 Å². The van der Waals surface area contributed by atoms with Crippen molar-refractivity contribution in [3.63, 3.8) is 0 Å².